The Morgan fingerprint density at radius 3 is 2.32 bits per heavy atom. The lowest BCUT2D eigenvalue weighted by Crippen LogP contribution is -2.22. The van der Waals surface area contributed by atoms with Gasteiger partial charge in [-0.05, 0) is 48.2 Å². The molecule has 0 aliphatic rings. The quantitative estimate of drug-likeness (QED) is 0.678. The highest BCUT2D eigenvalue weighted by molar-refractivity contribution is 5.96. The summed E-state index contributed by atoms with van der Waals surface area (Å²) in [7, 11) is 0. The van der Waals surface area contributed by atoms with Crippen molar-refractivity contribution in [2.45, 2.75) is 32.5 Å². The Bertz CT molecular complexity index is 819. The van der Waals surface area contributed by atoms with Gasteiger partial charge in [0, 0.05) is 5.69 Å². The van der Waals surface area contributed by atoms with Crippen LogP contribution in [0.2, 0.25) is 0 Å². The third-order valence-electron chi connectivity index (χ3n) is 4.04. The van der Waals surface area contributed by atoms with Gasteiger partial charge < -0.3 is 14.8 Å². The Hall–Kier alpha value is -3.03. The monoisotopic (exact) mass is 395 g/mol. The van der Waals surface area contributed by atoms with Crippen molar-refractivity contribution in [3.63, 3.8) is 0 Å². The van der Waals surface area contributed by atoms with Crippen molar-refractivity contribution >= 4 is 17.6 Å². The molecule has 2 rings (SSSR count). The first-order valence-electron chi connectivity index (χ1n) is 8.61. The Labute approximate surface area is 160 Å². The number of benzene rings is 2. The highest BCUT2D eigenvalue weighted by atomic mass is 19.4. The van der Waals surface area contributed by atoms with Crippen molar-refractivity contribution in [3.05, 3.63) is 59.7 Å². The largest absolute Gasteiger partial charge is 0.573 e. The number of rotatable bonds is 7. The lowest BCUT2D eigenvalue weighted by Gasteiger charge is -2.15. The number of para-hydroxylation sites is 1. The topological polar surface area (TPSA) is 64.6 Å². The SMILES string of the molecule is CC[C@H](C)c1ccccc1NC(=O)COC(=O)c1ccc(OC(F)(F)F)cc1. The Balaban J connectivity index is 1.92. The second-order valence-corrected chi connectivity index (χ2v) is 6.09. The lowest BCUT2D eigenvalue weighted by atomic mass is 9.97. The average Bonchev–Trinajstić information content (AvgIpc) is 2.65. The standard InChI is InChI=1S/C20H20F3NO4/c1-3-13(2)16-6-4-5-7-17(16)24-18(25)12-27-19(26)14-8-10-15(11-9-14)28-20(21,22)23/h4-11,13H,3,12H2,1-2H3,(H,24,25)/t13-/m0/s1. The molecule has 150 valence electrons. The molecule has 2 aromatic carbocycles. The molecule has 0 fully saturated rings. The second kappa shape index (κ2) is 9.25. The molecule has 0 spiro atoms. The van der Waals surface area contributed by atoms with Crippen LogP contribution in [0.25, 0.3) is 0 Å². The predicted octanol–water partition coefficient (Wildman–Crippen LogP) is 4.89. The van der Waals surface area contributed by atoms with Crippen LogP contribution in [0, 0.1) is 0 Å². The third-order valence-corrected chi connectivity index (χ3v) is 4.04. The zero-order valence-electron chi connectivity index (χ0n) is 15.4. The van der Waals surface area contributed by atoms with Crippen LogP contribution in [0.1, 0.15) is 42.1 Å². The first-order valence-corrected chi connectivity index (χ1v) is 8.61. The molecular formula is C20H20F3NO4. The summed E-state index contributed by atoms with van der Waals surface area (Å²) in [6.45, 7) is 3.56. The molecule has 0 saturated carbocycles. The second-order valence-electron chi connectivity index (χ2n) is 6.09. The van der Waals surface area contributed by atoms with E-state index in [1.54, 1.807) is 12.1 Å². The maximum absolute atomic E-state index is 12.1. The normalized spacial score (nSPS) is 12.2. The van der Waals surface area contributed by atoms with Crippen molar-refractivity contribution in [1.82, 2.24) is 0 Å². The highest BCUT2D eigenvalue weighted by Crippen LogP contribution is 2.26. The highest BCUT2D eigenvalue weighted by Gasteiger charge is 2.31. The van der Waals surface area contributed by atoms with Gasteiger partial charge in [0.2, 0.25) is 0 Å². The molecule has 28 heavy (non-hydrogen) atoms. The Kier molecular flexibility index (Phi) is 7.03. The van der Waals surface area contributed by atoms with Crippen molar-refractivity contribution in [2.24, 2.45) is 0 Å². The van der Waals surface area contributed by atoms with Crippen molar-refractivity contribution in [2.75, 3.05) is 11.9 Å². The Morgan fingerprint density at radius 2 is 1.71 bits per heavy atom. The summed E-state index contributed by atoms with van der Waals surface area (Å²) in [5.41, 5.74) is 1.62. The van der Waals surface area contributed by atoms with Crippen molar-refractivity contribution in [3.8, 4) is 5.75 Å². The summed E-state index contributed by atoms with van der Waals surface area (Å²) in [5, 5.41) is 2.71. The summed E-state index contributed by atoms with van der Waals surface area (Å²) in [6, 6.07) is 11.6. The molecule has 2 aromatic rings. The van der Waals surface area contributed by atoms with Gasteiger partial charge in [-0.2, -0.15) is 0 Å². The number of esters is 1. The number of alkyl halides is 3. The number of hydrogen-bond donors (Lipinski definition) is 1. The van der Waals surface area contributed by atoms with E-state index in [0.29, 0.717) is 5.69 Å². The smallest absolute Gasteiger partial charge is 0.452 e. The van der Waals surface area contributed by atoms with Gasteiger partial charge in [0.05, 0.1) is 5.56 Å². The minimum Gasteiger partial charge on any atom is -0.452 e. The summed E-state index contributed by atoms with van der Waals surface area (Å²) in [4.78, 5) is 24.0. The minimum atomic E-state index is -4.81. The summed E-state index contributed by atoms with van der Waals surface area (Å²) >= 11 is 0. The number of carbonyl (C=O) groups excluding carboxylic acids is 2. The van der Waals surface area contributed by atoms with Gasteiger partial charge in [0.15, 0.2) is 6.61 Å². The number of ether oxygens (including phenoxy) is 2. The van der Waals surface area contributed by atoms with Crippen LogP contribution in [-0.4, -0.2) is 24.8 Å². The fourth-order valence-corrected chi connectivity index (χ4v) is 2.45. The molecule has 0 aliphatic heterocycles. The van der Waals surface area contributed by atoms with Crippen LogP contribution in [0.3, 0.4) is 0 Å². The molecule has 1 N–H and O–H groups in total. The number of amides is 1. The molecular weight excluding hydrogens is 375 g/mol. The number of hydrogen-bond acceptors (Lipinski definition) is 4. The van der Waals surface area contributed by atoms with Gasteiger partial charge >= 0.3 is 12.3 Å². The number of nitrogens with one attached hydrogen (secondary N) is 1. The third kappa shape index (κ3) is 6.29. The van der Waals surface area contributed by atoms with Crippen LogP contribution in [0.5, 0.6) is 5.75 Å². The Morgan fingerprint density at radius 1 is 1.07 bits per heavy atom. The maximum atomic E-state index is 12.1. The zero-order valence-corrected chi connectivity index (χ0v) is 15.4. The molecule has 0 radical (unpaired) electrons. The van der Waals surface area contributed by atoms with E-state index in [-0.39, 0.29) is 11.5 Å². The van der Waals surface area contributed by atoms with E-state index < -0.39 is 30.6 Å². The van der Waals surface area contributed by atoms with Gasteiger partial charge in [-0.15, -0.1) is 13.2 Å². The molecule has 0 unspecified atom stereocenters. The predicted molar refractivity (Wildman–Crippen MR) is 97.2 cm³/mol. The molecule has 0 heterocycles. The van der Waals surface area contributed by atoms with Crippen LogP contribution in [-0.2, 0) is 9.53 Å². The molecule has 0 aromatic heterocycles. The zero-order chi connectivity index (χ0) is 20.7. The van der Waals surface area contributed by atoms with Gasteiger partial charge in [0.25, 0.3) is 5.91 Å². The number of carbonyl (C=O) groups is 2. The van der Waals surface area contributed by atoms with E-state index in [4.69, 9.17) is 4.74 Å². The maximum Gasteiger partial charge on any atom is 0.573 e. The van der Waals surface area contributed by atoms with E-state index >= 15 is 0 Å². The molecule has 0 bridgehead atoms. The van der Waals surface area contributed by atoms with Gasteiger partial charge in [-0.1, -0.05) is 32.0 Å². The summed E-state index contributed by atoms with van der Waals surface area (Å²) in [6.07, 6.45) is -3.92. The van der Waals surface area contributed by atoms with E-state index in [1.807, 2.05) is 26.0 Å². The van der Waals surface area contributed by atoms with E-state index in [9.17, 15) is 22.8 Å². The first-order chi connectivity index (χ1) is 13.2. The van der Waals surface area contributed by atoms with E-state index in [1.165, 1.54) is 0 Å². The van der Waals surface area contributed by atoms with Crippen LogP contribution < -0.4 is 10.1 Å². The van der Waals surface area contributed by atoms with Crippen LogP contribution in [0.4, 0.5) is 18.9 Å². The molecule has 0 aliphatic carbocycles. The molecule has 5 nitrogen and oxygen atoms in total. The molecule has 0 saturated heterocycles. The van der Waals surface area contributed by atoms with Gasteiger partial charge in [0.1, 0.15) is 5.75 Å². The van der Waals surface area contributed by atoms with Gasteiger partial charge in [-0.3, -0.25) is 4.79 Å². The minimum absolute atomic E-state index is 0.00216. The van der Waals surface area contributed by atoms with E-state index in [2.05, 4.69) is 10.1 Å². The van der Waals surface area contributed by atoms with Gasteiger partial charge in [-0.25, -0.2) is 4.79 Å². The molecule has 8 heteroatoms. The van der Waals surface area contributed by atoms with Crippen LogP contribution >= 0.6 is 0 Å². The molecule has 1 atom stereocenters. The van der Waals surface area contributed by atoms with Crippen molar-refractivity contribution in [1.29, 1.82) is 0 Å². The van der Waals surface area contributed by atoms with Crippen LogP contribution in [0.15, 0.2) is 48.5 Å². The van der Waals surface area contributed by atoms with Crippen molar-refractivity contribution < 1.29 is 32.2 Å². The fourth-order valence-electron chi connectivity index (χ4n) is 2.45. The number of halogens is 3. The first kappa shape index (κ1) is 21.3. The summed E-state index contributed by atoms with van der Waals surface area (Å²) < 4.78 is 45.0. The summed E-state index contributed by atoms with van der Waals surface area (Å²) in [5.74, 6) is -1.55. The lowest BCUT2D eigenvalue weighted by molar-refractivity contribution is -0.274. The fraction of sp³-hybridized carbons (Fsp3) is 0.300. The van der Waals surface area contributed by atoms with E-state index in [0.717, 1.165) is 36.2 Å². The molecule has 1 amide bonds. The number of anilines is 1. The average molecular weight is 395 g/mol.